The molecule has 100 valence electrons. The Bertz CT molecular complexity index is 660. The van der Waals surface area contributed by atoms with Crippen molar-refractivity contribution in [2.24, 2.45) is 0 Å². The SMILES string of the molecule is C[S+]1C=C(c2ccccc2)SC(Br)=C1c1ccccc1. The van der Waals surface area contributed by atoms with Crippen LogP contribution in [-0.4, -0.2) is 6.26 Å². The molecule has 2 aromatic rings. The van der Waals surface area contributed by atoms with Gasteiger partial charge in [-0.25, -0.2) is 0 Å². The summed E-state index contributed by atoms with van der Waals surface area (Å²) in [5, 5.41) is 2.38. The lowest BCUT2D eigenvalue weighted by molar-refractivity contribution is 1.65. The monoisotopic (exact) mass is 361 g/mol. The van der Waals surface area contributed by atoms with E-state index < -0.39 is 0 Å². The highest BCUT2D eigenvalue weighted by atomic mass is 79.9. The van der Waals surface area contributed by atoms with Crippen molar-refractivity contribution >= 4 is 48.4 Å². The molecule has 0 nitrogen and oxygen atoms in total. The molecule has 0 spiro atoms. The van der Waals surface area contributed by atoms with Crippen LogP contribution in [0.15, 0.2) is 69.9 Å². The summed E-state index contributed by atoms with van der Waals surface area (Å²) in [7, 11) is 0.110. The first-order valence-corrected chi connectivity index (χ1v) is 9.61. The first-order valence-electron chi connectivity index (χ1n) is 6.31. The van der Waals surface area contributed by atoms with Gasteiger partial charge in [0, 0.05) is 5.56 Å². The molecule has 0 fully saturated rings. The summed E-state index contributed by atoms with van der Waals surface area (Å²) in [6.07, 6.45) is 2.28. The zero-order valence-corrected chi connectivity index (χ0v) is 14.3. The molecule has 0 aromatic heterocycles. The highest BCUT2D eigenvalue weighted by molar-refractivity contribution is 9.14. The Balaban J connectivity index is 1.95. The highest BCUT2D eigenvalue weighted by Crippen LogP contribution is 2.47. The van der Waals surface area contributed by atoms with Crippen molar-refractivity contribution in [2.75, 3.05) is 6.26 Å². The van der Waals surface area contributed by atoms with Crippen molar-refractivity contribution in [3.8, 4) is 0 Å². The second kappa shape index (κ2) is 6.25. The molecular weight excluding hydrogens is 348 g/mol. The molecule has 0 amide bonds. The first-order chi connectivity index (χ1) is 9.75. The van der Waals surface area contributed by atoms with Crippen molar-refractivity contribution in [3.05, 3.63) is 81.0 Å². The minimum atomic E-state index is 0.110. The first kappa shape index (κ1) is 14.1. The normalized spacial score (nSPS) is 18.9. The lowest BCUT2D eigenvalue weighted by atomic mass is 10.2. The van der Waals surface area contributed by atoms with Crippen LogP contribution in [-0.2, 0) is 10.9 Å². The number of rotatable bonds is 2. The van der Waals surface area contributed by atoms with Gasteiger partial charge in [0.05, 0.1) is 15.8 Å². The molecule has 0 saturated carbocycles. The van der Waals surface area contributed by atoms with E-state index in [0.29, 0.717) is 0 Å². The molecule has 1 heterocycles. The fourth-order valence-corrected chi connectivity index (χ4v) is 6.79. The predicted octanol–water partition coefficient (Wildman–Crippen LogP) is 5.70. The van der Waals surface area contributed by atoms with Gasteiger partial charge in [-0.1, -0.05) is 60.3 Å². The Hall–Kier alpha value is -0.900. The number of hydrogen-bond acceptors (Lipinski definition) is 1. The van der Waals surface area contributed by atoms with Crippen LogP contribution in [0.5, 0.6) is 0 Å². The Kier molecular flexibility index (Phi) is 4.39. The van der Waals surface area contributed by atoms with Crippen LogP contribution in [0.1, 0.15) is 11.1 Å². The van der Waals surface area contributed by atoms with Gasteiger partial charge in [0.1, 0.15) is 15.5 Å². The van der Waals surface area contributed by atoms with Crippen molar-refractivity contribution in [3.63, 3.8) is 0 Å². The molecule has 3 heteroatoms. The summed E-state index contributed by atoms with van der Waals surface area (Å²) < 4.78 is 1.23. The summed E-state index contributed by atoms with van der Waals surface area (Å²) in [6.45, 7) is 0. The maximum Gasteiger partial charge on any atom is 0.187 e. The fourth-order valence-electron chi connectivity index (χ4n) is 2.13. The molecule has 1 unspecified atom stereocenters. The summed E-state index contributed by atoms with van der Waals surface area (Å²) in [5.41, 5.74) is 2.60. The minimum Gasteiger partial charge on any atom is -0.0720 e. The van der Waals surface area contributed by atoms with Gasteiger partial charge in [0.25, 0.3) is 0 Å². The van der Waals surface area contributed by atoms with Crippen LogP contribution in [0, 0.1) is 0 Å². The van der Waals surface area contributed by atoms with E-state index in [1.807, 2.05) is 11.8 Å². The summed E-state index contributed by atoms with van der Waals surface area (Å²) >= 11 is 5.59. The highest BCUT2D eigenvalue weighted by Gasteiger charge is 2.30. The van der Waals surface area contributed by atoms with Crippen LogP contribution in [0.3, 0.4) is 0 Å². The van der Waals surface area contributed by atoms with Gasteiger partial charge in [0.15, 0.2) is 4.91 Å². The third kappa shape index (κ3) is 2.90. The van der Waals surface area contributed by atoms with Crippen molar-refractivity contribution in [1.82, 2.24) is 0 Å². The zero-order chi connectivity index (χ0) is 13.9. The zero-order valence-electron chi connectivity index (χ0n) is 11.0. The van der Waals surface area contributed by atoms with Crippen molar-refractivity contribution in [1.29, 1.82) is 0 Å². The quantitative estimate of drug-likeness (QED) is 0.618. The molecular formula is C17H14BrS2+. The third-order valence-corrected chi connectivity index (χ3v) is 7.13. The molecule has 0 radical (unpaired) electrons. The number of thioether (sulfide) groups is 1. The minimum absolute atomic E-state index is 0.110. The van der Waals surface area contributed by atoms with E-state index in [4.69, 9.17) is 0 Å². The Morgan fingerprint density at radius 2 is 1.40 bits per heavy atom. The number of hydrogen-bond donors (Lipinski definition) is 0. The summed E-state index contributed by atoms with van der Waals surface area (Å²) in [4.78, 5) is 2.73. The predicted molar refractivity (Wildman–Crippen MR) is 97.6 cm³/mol. The van der Waals surface area contributed by atoms with E-state index in [0.717, 1.165) is 0 Å². The smallest absolute Gasteiger partial charge is 0.0720 e. The van der Waals surface area contributed by atoms with E-state index in [9.17, 15) is 0 Å². The topological polar surface area (TPSA) is 0 Å². The lowest BCUT2D eigenvalue weighted by Crippen LogP contribution is -2.04. The molecule has 0 N–H and O–H groups in total. The third-order valence-electron chi connectivity index (χ3n) is 3.08. The van der Waals surface area contributed by atoms with E-state index >= 15 is 0 Å². The van der Waals surface area contributed by atoms with E-state index in [-0.39, 0.29) is 10.9 Å². The van der Waals surface area contributed by atoms with Gasteiger partial charge in [-0.15, -0.1) is 0 Å². The molecule has 3 rings (SSSR count). The molecule has 2 aromatic carbocycles. The van der Waals surface area contributed by atoms with Gasteiger partial charge >= 0.3 is 0 Å². The van der Waals surface area contributed by atoms with Crippen LogP contribution >= 0.6 is 27.7 Å². The van der Waals surface area contributed by atoms with Crippen molar-refractivity contribution < 1.29 is 0 Å². The van der Waals surface area contributed by atoms with Gasteiger partial charge < -0.3 is 0 Å². The molecule has 1 aliphatic heterocycles. The fraction of sp³-hybridized carbons (Fsp3) is 0.0588. The largest absolute Gasteiger partial charge is 0.187 e. The number of halogens is 1. The molecule has 1 atom stereocenters. The van der Waals surface area contributed by atoms with E-state index in [1.54, 1.807) is 0 Å². The van der Waals surface area contributed by atoms with Crippen LogP contribution in [0.2, 0.25) is 0 Å². The van der Waals surface area contributed by atoms with Crippen LogP contribution in [0.25, 0.3) is 9.81 Å². The molecule has 0 saturated heterocycles. The average molecular weight is 362 g/mol. The van der Waals surface area contributed by atoms with Crippen LogP contribution in [0.4, 0.5) is 0 Å². The lowest BCUT2D eigenvalue weighted by Gasteiger charge is -2.15. The second-order valence-corrected chi connectivity index (χ2v) is 8.61. The van der Waals surface area contributed by atoms with Gasteiger partial charge in [-0.05, 0) is 33.6 Å². The van der Waals surface area contributed by atoms with Crippen molar-refractivity contribution in [2.45, 2.75) is 0 Å². The second-order valence-electron chi connectivity index (χ2n) is 4.48. The van der Waals surface area contributed by atoms with Gasteiger partial charge in [0.2, 0.25) is 0 Å². The van der Waals surface area contributed by atoms with Gasteiger partial charge in [-0.2, -0.15) is 0 Å². The maximum absolute atomic E-state index is 3.78. The maximum atomic E-state index is 3.78. The summed E-state index contributed by atoms with van der Waals surface area (Å²) in [6, 6.07) is 21.2. The average Bonchev–Trinajstić information content (AvgIpc) is 2.48. The Morgan fingerprint density at radius 1 is 0.850 bits per heavy atom. The van der Waals surface area contributed by atoms with Crippen LogP contribution < -0.4 is 0 Å². The molecule has 0 bridgehead atoms. The van der Waals surface area contributed by atoms with E-state index in [1.165, 1.54) is 24.8 Å². The van der Waals surface area contributed by atoms with Gasteiger partial charge in [-0.3, -0.25) is 0 Å². The Labute approximate surface area is 135 Å². The molecule has 1 aliphatic rings. The standard InChI is InChI=1S/C17H14BrS2/c1-20-12-15(13-8-4-2-5-9-13)19-17(18)16(20)14-10-6-3-7-11-14/h2-12H,1H3/q+1. The summed E-state index contributed by atoms with van der Waals surface area (Å²) in [5.74, 6) is 0. The number of benzene rings is 2. The molecule has 20 heavy (non-hydrogen) atoms. The Morgan fingerprint density at radius 3 is 1.95 bits per heavy atom. The molecule has 0 aliphatic carbocycles. The van der Waals surface area contributed by atoms with E-state index in [2.05, 4.69) is 88.3 Å².